The molecular formula is C24H30FN3O4. The average molecular weight is 444 g/mol. The zero-order chi connectivity index (χ0) is 22.8. The van der Waals surface area contributed by atoms with Crippen LogP contribution in [0.1, 0.15) is 55.2 Å². The molecule has 32 heavy (non-hydrogen) atoms. The van der Waals surface area contributed by atoms with Crippen LogP contribution in [0.25, 0.3) is 5.57 Å². The Bertz CT molecular complexity index is 976. The van der Waals surface area contributed by atoms with Crippen LogP contribution in [0.15, 0.2) is 17.1 Å². The Balaban J connectivity index is 1.43. The molecule has 1 aromatic carbocycles. The summed E-state index contributed by atoms with van der Waals surface area (Å²) in [6.07, 6.45) is 5.88. The average Bonchev–Trinajstić information content (AvgIpc) is 3.46. The van der Waals surface area contributed by atoms with E-state index in [1.807, 2.05) is 6.92 Å². The van der Waals surface area contributed by atoms with Crippen LogP contribution < -0.4 is 15.4 Å². The van der Waals surface area contributed by atoms with Crippen LogP contribution in [0.2, 0.25) is 0 Å². The van der Waals surface area contributed by atoms with Crippen LogP contribution in [0.4, 0.5) is 9.18 Å². The smallest absolute Gasteiger partial charge is 0.404 e. The maximum Gasteiger partial charge on any atom is 0.404 e. The predicted molar refractivity (Wildman–Crippen MR) is 120 cm³/mol. The highest BCUT2D eigenvalue weighted by atomic mass is 19.1. The second-order valence-corrected chi connectivity index (χ2v) is 9.08. The standard InChI is InChI=1S/C24H30FN3O4/c1-13-14(2)22(21(10-19(13)25)32-12-15-3-4-15)16-9-20(26-11-16)23(29)27-17-5-7-18(8-6-17)28-24(30)31/h9-10,15,17-18,28H,3-8,11-12H2,1-2H3,(H,27,29)(H,30,31)/t17-,18-. The van der Waals surface area contributed by atoms with Crippen molar-refractivity contribution in [3.8, 4) is 5.75 Å². The highest BCUT2D eigenvalue weighted by molar-refractivity contribution is 6.45. The van der Waals surface area contributed by atoms with Crippen LogP contribution >= 0.6 is 0 Å². The van der Waals surface area contributed by atoms with Crippen molar-refractivity contribution in [1.82, 2.24) is 10.6 Å². The molecule has 7 nitrogen and oxygen atoms in total. The maximum atomic E-state index is 14.4. The molecule has 1 heterocycles. The summed E-state index contributed by atoms with van der Waals surface area (Å²) in [4.78, 5) is 28.0. The van der Waals surface area contributed by atoms with Gasteiger partial charge in [-0.1, -0.05) is 0 Å². The molecule has 4 rings (SSSR count). The van der Waals surface area contributed by atoms with Crippen LogP contribution in [-0.4, -0.2) is 48.1 Å². The van der Waals surface area contributed by atoms with E-state index in [0.29, 0.717) is 48.9 Å². The van der Waals surface area contributed by atoms with Gasteiger partial charge in [0.05, 0.1) is 13.2 Å². The molecule has 0 saturated heterocycles. The maximum absolute atomic E-state index is 14.4. The molecular weight excluding hydrogens is 413 g/mol. The minimum absolute atomic E-state index is 0.00160. The number of nitrogens with one attached hydrogen (secondary N) is 2. The monoisotopic (exact) mass is 443 g/mol. The van der Waals surface area contributed by atoms with Crippen LogP contribution in [0, 0.1) is 25.6 Å². The lowest BCUT2D eigenvalue weighted by molar-refractivity contribution is -0.115. The van der Waals surface area contributed by atoms with Crippen molar-refractivity contribution in [2.24, 2.45) is 10.9 Å². The fourth-order valence-corrected chi connectivity index (χ4v) is 4.38. The molecule has 0 unspecified atom stereocenters. The van der Waals surface area contributed by atoms with Gasteiger partial charge in [-0.05, 0) is 81.1 Å². The second-order valence-electron chi connectivity index (χ2n) is 9.08. The minimum atomic E-state index is -1.01. The van der Waals surface area contributed by atoms with Crippen molar-refractivity contribution in [3.63, 3.8) is 0 Å². The third-order valence-corrected chi connectivity index (χ3v) is 6.65. The third-order valence-electron chi connectivity index (χ3n) is 6.65. The largest absolute Gasteiger partial charge is 0.493 e. The number of rotatable bonds is 7. The number of carboxylic acid groups (broad SMARTS) is 1. The Morgan fingerprint density at radius 3 is 2.38 bits per heavy atom. The normalized spacial score (nSPS) is 22.7. The molecule has 1 aliphatic heterocycles. The molecule has 0 radical (unpaired) electrons. The van der Waals surface area contributed by atoms with Gasteiger partial charge in [-0.2, -0.15) is 0 Å². The lowest BCUT2D eigenvalue weighted by Gasteiger charge is -2.28. The van der Waals surface area contributed by atoms with E-state index in [2.05, 4.69) is 15.6 Å². The van der Waals surface area contributed by atoms with Gasteiger partial charge < -0.3 is 20.5 Å². The molecule has 2 fully saturated rings. The highest BCUT2D eigenvalue weighted by Gasteiger charge is 2.28. The molecule has 1 aromatic rings. The van der Waals surface area contributed by atoms with Gasteiger partial charge in [0.2, 0.25) is 0 Å². The lowest BCUT2D eigenvalue weighted by Crippen LogP contribution is -2.44. The van der Waals surface area contributed by atoms with Gasteiger partial charge in [0.25, 0.3) is 5.91 Å². The topological polar surface area (TPSA) is 100 Å². The highest BCUT2D eigenvalue weighted by Crippen LogP contribution is 2.37. The number of halogens is 1. The molecule has 2 aliphatic carbocycles. The number of hydrogen-bond donors (Lipinski definition) is 3. The molecule has 0 aromatic heterocycles. The van der Waals surface area contributed by atoms with Crippen molar-refractivity contribution in [3.05, 3.63) is 34.6 Å². The van der Waals surface area contributed by atoms with Gasteiger partial charge in [0.15, 0.2) is 0 Å². The number of hydrogen-bond acceptors (Lipinski definition) is 4. The van der Waals surface area contributed by atoms with E-state index < -0.39 is 6.09 Å². The van der Waals surface area contributed by atoms with Crippen molar-refractivity contribution in [2.75, 3.05) is 13.2 Å². The summed E-state index contributed by atoms with van der Waals surface area (Å²) >= 11 is 0. The first-order valence-corrected chi connectivity index (χ1v) is 11.3. The van der Waals surface area contributed by atoms with Crippen LogP contribution in [-0.2, 0) is 4.79 Å². The zero-order valence-corrected chi connectivity index (χ0v) is 18.5. The molecule has 3 aliphatic rings. The number of carbonyl (C=O) groups excluding carboxylic acids is 1. The fourth-order valence-electron chi connectivity index (χ4n) is 4.38. The number of benzene rings is 1. The first kappa shape index (κ1) is 22.3. The Morgan fingerprint density at radius 2 is 1.75 bits per heavy atom. The number of ether oxygens (including phenoxy) is 1. The van der Waals surface area contributed by atoms with Gasteiger partial charge >= 0.3 is 6.09 Å². The molecule has 0 spiro atoms. The van der Waals surface area contributed by atoms with Crippen molar-refractivity contribution in [1.29, 1.82) is 0 Å². The molecule has 172 valence electrons. The van der Waals surface area contributed by atoms with E-state index in [9.17, 15) is 14.0 Å². The third kappa shape index (κ3) is 5.11. The first-order valence-electron chi connectivity index (χ1n) is 11.3. The predicted octanol–water partition coefficient (Wildman–Crippen LogP) is 3.76. The second kappa shape index (κ2) is 9.30. The summed E-state index contributed by atoms with van der Waals surface area (Å²) in [5.41, 5.74) is 3.43. The summed E-state index contributed by atoms with van der Waals surface area (Å²) < 4.78 is 20.3. The van der Waals surface area contributed by atoms with Gasteiger partial charge in [0, 0.05) is 23.7 Å². The van der Waals surface area contributed by atoms with Gasteiger partial charge in [-0.15, -0.1) is 0 Å². The minimum Gasteiger partial charge on any atom is -0.493 e. The lowest BCUT2D eigenvalue weighted by atomic mass is 9.91. The molecule has 0 bridgehead atoms. The number of nitrogens with zero attached hydrogens (tertiary/aromatic N) is 1. The van der Waals surface area contributed by atoms with E-state index in [4.69, 9.17) is 9.84 Å². The first-order chi connectivity index (χ1) is 15.3. The van der Waals surface area contributed by atoms with E-state index in [1.54, 1.807) is 13.0 Å². The summed E-state index contributed by atoms with van der Waals surface area (Å²) in [6, 6.07) is 1.39. The summed E-state index contributed by atoms with van der Waals surface area (Å²) in [5, 5.41) is 14.4. The van der Waals surface area contributed by atoms with Gasteiger partial charge in [-0.3, -0.25) is 9.79 Å². The number of carbonyl (C=O) groups is 2. The molecule has 8 heteroatoms. The van der Waals surface area contributed by atoms with Gasteiger partial charge in [-0.25, -0.2) is 9.18 Å². The summed E-state index contributed by atoms with van der Waals surface area (Å²) in [5.74, 6) is 0.544. The van der Waals surface area contributed by atoms with Crippen molar-refractivity contribution >= 4 is 23.3 Å². The summed E-state index contributed by atoms with van der Waals surface area (Å²) in [6.45, 7) is 4.55. The van der Waals surface area contributed by atoms with Crippen LogP contribution in [0.5, 0.6) is 5.75 Å². The number of aliphatic imine (C=N–C) groups is 1. The molecule has 0 atom stereocenters. The SMILES string of the molecule is Cc1c(F)cc(OCC2CC2)c(C2=CC(C(=O)N[C@H]3CC[C@H](NC(=O)O)CC3)=NC2)c1C. The van der Waals surface area contributed by atoms with E-state index in [0.717, 1.165) is 42.4 Å². The van der Waals surface area contributed by atoms with Crippen molar-refractivity contribution < 1.29 is 23.8 Å². The van der Waals surface area contributed by atoms with E-state index in [1.165, 1.54) is 6.07 Å². The Labute approximate surface area is 187 Å². The zero-order valence-electron chi connectivity index (χ0n) is 18.5. The quantitative estimate of drug-likeness (QED) is 0.597. The van der Waals surface area contributed by atoms with E-state index >= 15 is 0 Å². The van der Waals surface area contributed by atoms with Gasteiger partial charge in [0.1, 0.15) is 17.3 Å². The van der Waals surface area contributed by atoms with Crippen LogP contribution in [0.3, 0.4) is 0 Å². The summed E-state index contributed by atoms with van der Waals surface area (Å²) in [7, 11) is 0. The Morgan fingerprint density at radius 1 is 1.09 bits per heavy atom. The number of amides is 2. The molecule has 2 saturated carbocycles. The van der Waals surface area contributed by atoms with Crippen molar-refractivity contribution in [2.45, 2.75) is 64.5 Å². The fraction of sp³-hybridized carbons (Fsp3) is 0.542. The van der Waals surface area contributed by atoms with E-state index in [-0.39, 0.29) is 23.8 Å². The molecule has 3 N–H and O–H groups in total. The Kier molecular flexibility index (Phi) is 6.48. The Hall–Kier alpha value is -2.90. The molecule has 2 amide bonds.